The molecule has 12 heavy (non-hydrogen) atoms. The lowest BCUT2D eigenvalue weighted by molar-refractivity contribution is -0.140. The van der Waals surface area contributed by atoms with Crippen molar-refractivity contribution in [2.24, 2.45) is 11.1 Å². The molecular weight excluding hydrogens is 154 g/mol. The maximum absolute atomic E-state index is 10.8. The summed E-state index contributed by atoms with van der Waals surface area (Å²) in [7, 11) is 1.41. The molecule has 3 heteroatoms. The van der Waals surface area contributed by atoms with Gasteiger partial charge in [-0.2, -0.15) is 0 Å². The largest absolute Gasteiger partial charge is 0.469 e. The monoisotopic (exact) mass is 171 g/mol. The van der Waals surface area contributed by atoms with Crippen molar-refractivity contribution in [2.45, 2.75) is 38.6 Å². The molecule has 1 atom stereocenters. The van der Waals surface area contributed by atoms with Crippen molar-refractivity contribution in [2.75, 3.05) is 7.11 Å². The van der Waals surface area contributed by atoms with Gasteiger partial charge in [0.05, 0.1) is 7.11 Å². The van der Waals surface area contributed by atoms with Crippen LogP contribution in [-0.2, 0) is 9.53 Å². The molecule has 70 valence electrons. The Balaban J connectivity index is 2.18. The predicted molar refractivity (Wildman–Crippen MR) is 46.6 cm³/mol. The minimum Gasteiger partial charge on any atom is -0.469 e. The molecule has 1 aliphatic carbocycles. The molecule has 0 aromatic rings. The number of hydrogen-bond acceptors (Lipinski definition) is 3. The maximum atomic E-state index is 10.8. The van der Waals surface area contributed by atoms with Gasteiger partial charge in [0, 0.05) is 12.5 Å². The second kappa shape index (κ2) is 3.44. The molecule has 0 aromatic heterocycles. The number of nitrogens with two attached hydrogens (primary N) is 1. The van der Waals surface area contributed by atoms with Gasteiger partial charge in [-0.1, -0.05) is 6.92 Å². The van der Waals surface area contributed by atoms with Crippen molar-refractivity contribution in [1.29, 1.82) is 0 Å². The molecule has 1 saturated carbocycles. The molecule has 0 heterocycles. The summed E-state index contributed by atoms with van der Waals surface area (Å²) in [6, 6.07) is 0.164. The molecule has 0 amide bonds. The fraction of sp³-hybridized carbons (Fsp3) is 0.889. The van der Waals surface area contributed by atoms with Gasteiger partial charge in [-0.05, 0) is 24.7 Å². The van der Waals surface area contributed by atoms with E-state index in [9.17, 15) is 4.79 Å². The summed E-state index contributed by atoms with van der Waals surface area (Å²) >= 11 is 0. The van der Waals surface area contributed by atoms with Crippen LogP contribution in [0.25, 0.3) is 0 Å². The number of methoxy groups -OCH3 is 1. The van der Waals surface area contributed by atoms with Crippen LogP contribution in [0.5, 0.6) is 0 Å². The Hall–Kier alpha value is -0.570. The standard InChI is InChI=1S/C9H17NO2/c1-9(5-6-9)7(10)3-4-8(11)12-2/h7H,3-6,10H2,1-2H3. The highest BCUT2D eigenvalue weighted by atomic mass is 16.5. The van der Waals surface area contributed by atoms with Gasteiger partial charge in [0.2, 0.25) is 0 Å². The SMILES string of the molecule is COC(=O)CCC(N)C1(C)CC1. The van der Waals surface area contributed by atoms with Crippen LogP contribution in [-0.4, -0.2) is 19.1 Å². The number of esters is 1. The van der Waals surface area contributed by atoms with Crippen molar-refractivity contribution >= 4 is 5.97 Å². The lowest BCUT2D eigenvalue weighted by Gasteiger charge is -2.17. The van der Waals surface area contributed by atoms with Crippen LogP contribution >= 0.6 is 0 Å². The molecule has 0 aromatic carbocycles. The van der Waals surface area contributed by atoms with E-state index in [0.29, 0.717) is 11.8 Å². The predicted octanol–water partition coefficient (Wildman–Crippen LogP) is 1.07. The fourth-order valence-electron chi connectivity index (χ4n) is 1.29. The molecule has 1 unspecified atom stereocenters. The highest BCUT2D eigenvalue weighted by Gasteiger charge is 2.42. The molecule has 0 spiro atoms. The summed E-state index contributed by atoms with van der Waals surface area (Å²) in [6.07, 6.45) is 3.61. The Morgan fingerprint density at radius 1 is 1.67 bits per heavy atom. The smallest absolute Gasteiger partial charge is 0.305 e. The van der Waals surface area contributed by atoms with E-state index in [-0.39, 0.29) is 12.0 Å². The van der Waals surface area contributed by atoms with Crippen LogP contribution in [0, 0.1) is 5.41 Å². The molecule has 1 aliphatic rings. The van der Waals surface area contributed by atoms with Crippen LogP contribution in [0.1, 0.15) is 32.6 Å². The number of carbonyl (C=O) groups is 1. The Kier molecular flexibility index (Phi) is 2.73. The van der Waals surface area contributed by atoms with Gasteiger partial charge in [0.25, 0.3) is 0 Å². The summed E-state index contributed by atoms with van der Waals surface area (Å²) in [5.41, 5.74) is 6.22. The van der Waals surface area contributed by atoms with Gasteiger partial charge in [-0.25, -0.2) is 0 Å². The van der Waals surface area contributed by atoms with E-state index < -0.39 is 0 Å². The Bertz CT molecular complexity index is 175. The maximum Gasteiger partial charge on any atom is 0.305 e. The highest BCUT2D eigenvalue weighted by molar-refractivity contribution is 5.69. The molecule has 0 bridgehead atoms. The van der Waals surface area contributed by atoms with Crippen LogP contribution in [0.3, 0.4) is 0 Å². The molecular formula is C9H17NO2. The number of ether oxygens (including phenoxy) is 1. The number of hydrogen-bond donors (Lipinski definition) is 1. The second-order valence-electron chi connectivity index (χ2n) is 3.88. The van der Waals surface area contributed by atoms with E-state index in [1.54, 1.807) is 0 Å². The Morgan fingerprint density at radius 2 is 2.25 bits per heavy atom. The zero-order valence-corrected chi connectivity index (χ0v) is 7.80. The average Bonchev–Trinajstić information content (AvgIpc) is 2.80. The molecule has 0 saturated heterocycles. The first-order valence-electron chi connectivity index (χ1n) is 4.41. The van der Waals surface area contributed by atoms with Crippen LogP contribution < -0.4 is 5.73 Å². The normalized spacial score (nSPS) is 21.6. The first kappa shape index (κ1) is 9.52. The number of carbonyl (C=O) groups excluding carboxylic acids is 1. The molecule has 3 nitrogen and oxygen atoms in total. The van der Waals surface area contributed by atoms with Gasteiger partial charge >= 0.3 is 5.97 Å². The molecule has 0 aliphatic heterocycles. The van der Waals surface area contributed by atoms with Crippen molar-refractivity contribution in [1.82, 2.24) is 0 Å². The highest BCUT2D eigenvalue weighted by Crippen LogP contribution is 2.48. The van der Waals surface area contributed by atoms with Crippen LogP contribution in [0.15, 0.2) is 0 Å². The van der Waals surface area contributed by atoms with E-state index >= 15 is 0 Å². The summed E-state index contributed by atoms with van der Waals surface area (Å²) in [5, 5.41) is 0. The quantitative estimate of drug-likeness (QED) is 0.644. The second-order valence-corrected chi connectivity index (χ2v) is 3.88. The van der Waals surface area contributed by atoms with Crippen molar-refractivity contribution in [3.8, 4) is 0 Å². The third kappa shape index (κ3) is 2.21. The van der Waals surface area contributed by atoms with Crippen LogP contribution in [0.4, 0.5) is 0 Å². The van der Waals surface area contributed by atoms with Gasteiger partial charge in [0.15, 0.2) is 0 Å². The van der Waals surface area contributed by atoms with E-state index in [4.69, 9.17) is 5.73 Å². The van der Waals surface area contributed by atoms with E-state index in [1.165, 1.54) is 20.0 Å². The van der Waals surface area contributed by atoms with E-state index in [2.05, 4.69) is 11.7 Å². The molecule has 0 radical (unpaired) electrons. The van der Waals surface area contributed by atoms with Crippen molar-refractivity contribution in [3.05, 3.63) is 0 Å². The van der Waals surface area contributed by atoms with Gasteiger partial charge in [0.1, 0.15) is 0 Å². The number of rotatable bonds is 4. The Labute approximate surface area is 73.3 Å². The first-order chi connectivity index (χ1) is 5.58. The van der Waals surface area contributed by atoms with Gasteiger partial charge in [-0.15, -0.1) is 0 Å². The summed E-state index contributed by atoms with van der Waals surface area (Å²) in [4.78, 5) is 10.8. The van der Waals surface area contributed by atoms with Crippen LogP contribution in [0.2, 0.25) is 0 Å². The zero-order chi connectivity index (χ0) is 9.19. The first-order valence-corrected chi connectivity index (χ1v) is 4.41. The van der Waals surface area contributed by atoms with E-state index in [1.807, 2.05) is 0 Å². The topological polar surface area (TPSA) is 52.3 Å². The molecule has 1 fully saturated rings. The molecule has 1 rings (SSSR count). The summed E-state index contributed by atoms with van der Waals surface area (Å²) < 4.78 is 4.54. The fourth-order valence-corrected chi connectivity index (χ4v) is 1.29. The van der Waals surface area contributed by atoms with Crippen molar-refractivity contribution < 1.29 is 9.53 Å². The average molecular weight is 171 g/mol. The van der Waals surface area contributed by atoms with Gasteiger partial charge in [-0.3, -0.25) is 4.79 Å². The summed E-state index contributed by atoms with van der Waals surface area (Å²) in [5.74, 6) is -0.158. The minimum atomic E-state index is -0.158. The molecule has 2 N–H and O–H groups in total. The lowest BCUT2D eigenvalue weighted by Crippen LogP contribution is -2.30. The Morgan fingerprint density at radius 3 is 2.67 bits per heavy atom. The van der Waals surface area contributed by atoms with E-state index in [0.717, 1.165) is 6.42 Å². The summed E-state index contributed by atoms with van der Waals surface area (Å²) in [6.45, 7) is 2.18. The zero-order valence-electron chi connectivity index (χ0n) is 7.80. The van der Waals surface area contributed by atoms with Crippen molar-refractivity contribution in [3.63, 3.8) is 0 Å². The minimum absolute atomic E-state index is 0.158. The third-order valence-electron chi connectivity index (χ3n) is 2.82. The van der Waals surface area contributed by atoms with Gasteiger partial charge < -0.3 is 10.5 Å². The lowest BCUT2D eigenvalue weighted by atomic mass is 9.96. The third-order valence-corrected chi connectivity index (χ3v) is 2.82.